The minimum atomic E-state index is 0.0327. The SMILES string of the molecule is COc1c(C)cc(C(=O)[C@H]2CCCN(Cc3nc4ccccc4[nH]3)C2)cc1C. The highest BCUT2D eigenvalue weighted by molar-refractivity contribution is 5.98. The Balaban J connectivity index is 1.48. The summed E-state index contributed by atoms with van der Waals surface area (Å²) in [7, 11) is 1.67. The molecule has 2 heterocycles. The minimum absolute atomic E-state index is 0.0327. The fourth-order valence-electron chi connectivity index (χ4n) is 4.36. The topological polar surface area (TPSA) is 58.2 Å². The Kier molecular flexibility index (Phi) is 5.18. The number of ketones is 1. The number of fused-ring (bicyclic) bond motifs is 1. The van der Waals surface area contributed by atoms with Crippen LogP contribution in [0.2, 0.25) is 0 Å². The Morgan fingerprint density at radius 2 is 2.00 bits per heavy atom. The standard InChI is InChI=1S/C23H27N3O2/c1-15-11-18(12-16(2)23(15)28-3)22(27)17-7-6-10-26(13-17)14-21-24-19-8-4-5-9-20(19)25-21/h4-5,8-9,11-12,17H,6-7,10,13-14H2,1-3H3,(H,24,25)/t17-/m0/s1. The quantitative estimate of drug-likeness (QED) is 0.674. The van der Waals surface area contributed by atoms with E-state index >= 15 is 0 Å². The summed E-state index contributed by atoms with van der Waals surface area (Å²) in [6.45, 7) is 6.52. The number of hydrogen-bond donors (Lipinski definition) is 1. The summed E-state index contributed by atoms with van der Waals surface area (Å²) < 4.78 is 5.43. The normalized spacial score (nSPS) is 17.8. The zero-order valence-electron chi connectivity index (χ0n) is 16.8. The van der Waals surface area contributed by atoms with Crippen LogP contribution >= 0.6 is 0 Å². The molecule has 0 saturated carbocycles. The van der Waals surface area contributed by atoms with Crippen molar-refractivity contribution >= 4 is 16.8 Å². The number of Topliss-reactive ketones (excluding diaryl/α,β-unsaturated/α-hetero) is 1. The molecule has 1 atom stereocenters. The number of imidazole rings is 1. The Morgan fingerprint density at radius 3 is 2.71 bits per heavy atom. The largest absolute Gasteiger partial charge is 0.496 e. The average Bonchev–Trinajstić information content (AvgIpc) is 3.09. The van der Waals surface area contributed by atoms with Crippen molar-refractivity contribution in [3.63, 3.8) is 0 Å². The van der Waals surface area contributed by atoms with Crippen molar-refractivity contribution in [2.24, 2.45) is 5.92 Å². The van der Waals surface area contributed by atoms with Crippen LogP contribution in [0.25, 0.3) is 11.0 Å². The summed E-state index contributed by atoms with van der Waals surface area (Å²) in [4.78, 5) is 23.6. The summed E-state index contributed by atoms with van der Waals surface area (Å²) in [6, 6.07) is 12.0. The number of hydrogen-bond acceptors (Lipinski definition) is 4. The van der Waals surface area contributed by atoms with E-state index in [1.54, 1.807) is 7.11 Å². The lowest BCUT2D eigenvalue weighted by molar-refractivity contribution is 0.0808. The van der Waals surface area contributed by atoms with E-state index in [1.165, 1.54) is 0 Å². The first-order valence-corrected chi connectivity index (χ1v) is 9.90. The van der Waals surface area contributed by atoms with E-state index in [9.17, 15) is 4.79 Å². The molecule has 0 amide bonds. The maximum atomic E-state index is 13.2. The summed E-state index contributed by atoms with van der Waals surface area (Å²) in [5.41, 5.74) is 4.88. The van der Waals surface area contributed by atoms with Crippen LogP contribution in [0.1, 0.15) is 40.2 Å². The molecule has 5 heteroatoms. The fraction of sp³-hybridized carbons (Fsp3) is 0.391. The van der Waals surface area contributed by atoms with Gasteiger partial charge in [-0.05, 0) is 68.6 Å². The van der Waals surface area contributed by atoms with Gasteiger partial charge in [0.1, 0.15) is 11.6 Å². The van der Waals surface area contributed by atoms with Crippen LogP contribution in [0, 0.1) is 19.8 Å². The summed E-state index contributed by atoms with van der Waals surface area (Å²) in [6.07, 6.45) is 1.98. The molecule has 0 unspecified atom stereocenters. The van der Waals surface area contributed by atoms with Gasteiger partial charge < -0.3 is 9.72 Å². The van der Waals surface area contributed by atoms with Crippen molar-refractivity contribution in [2.45, 2.75) is 33.2 Å². The molecule has 1 aliphatic heterocycles. The molecule has 3 aromatic rings. The molecule has 0 spiro atoms. The van der Waals surface area contributed by atoms with E-state index in [-0.39, 0.29) is 11.7 Å². The second-order valence-electron chi connectivity index (χ2n) is 7.78. The Bertz CT molecular complexity index is 952. The van der Waals surface area contributed by atoms with E-state index in [4.69, 9.17) is 4.74 Å². The summed E-state index contributed by atoms with van der Waals surface area (Å²) in [5.74, 6) is 2.10. The second kappa shape index (κ2) is 7.76. The minimum Gasteiger partial charge on any atom is -0.496 e. The lowest BCUT2D eigenvalue weighted by Gasteiger charge is -2.31. The molecule has 1 fully saturated rings. The smallest absolute Gasteiger partial charge is 0.167 e. The third kappa shape index (κ3) is 3.67. The lowest BCUT2D eigenvalue weighted by Crippen LogP contribution is -2.38. The first-order chi connectivity index (χ1) is 13.5. The molecular formula is C23H27N3O2. The number of aromatic nitrogens is 2. The molecule has 1 saturated heterocycles. The van der Waals surface area contributed by atoms with Crippen LogP contribution in [0.15, 0.2) is 36.4 Å². The van der Waals surface area contributed by atoms with Gasteiger partial charge >= 0.3 is 0 Å². The highest BCUT2D eigenvalue weighted by atomic mass is 16.5. The molecule has 0 radical (unpaired) electrons. The van der Waals surface area contributed by atoms with Gasteiger partial charge in [-0.3, -0.25) is 9.69 Å². The van der Waals surface area contributed by atoms with Gasteiger partial charge in [0.2, 0.25) is 0 Å². The second-order valence-corrected chi connectivity index (χ2v) is 7.78. The van der Waals surface area contributed by atoms with Crippen molar-refractivity contribution in [3.05, 3.63) is 58.9 Å². The van der Waals surface area contributed by atoms with Gasteiger partial charge in [-0.1, -0.05) is 12.1 Å². The molecule has 4 rings (SSSR count). The molecule has 2 aromatic carbocycles. The third-order valence-corrected chi connectivity index (χ3v) is 5.64. The monoisotopic (exact) mass is 377 g/mol. The van der Waals surface area contributed by atoms with Crippen molar-refractivity contribution < 1.29 is 9.53 Å². The van der Waals surface area contributed by atoms with E-state index in [2.05, 4.69) is 14.9 Å². The van der Waals surface area contributed by atoms with Crippen LogP contribution in [0.4, 0.5) is 0 Å². The molecular weight excluding hydrogens is 350 g/mol. The van der Waals surface area contributed by atoms with Gasteiger partial charge in [-0.25, -0.2) is 4.98 Å². The van der Waals surface area contributed by atoms with E-state index in [1.807, 2.05) is 50.2 Å². The van der Waals surface area contributed by atoms with Crippen LogP contribution in [0.3, 0.4) is 0 Å². The van der Waals surface area contributed by atoms with Gasteiger partial charge in [0.05, 0.1) is 24.7 Å². The molecule has 146 valence electrons. The number of nitrogens with zero attached hydrogens (tertiary/aromatic N) is 2. The maximum absolute atomic E-state index is 13.2. The molecule has 0 bridgehead atoms. The zero-order chi connectivity index (χ0) is 19.7. The Labute approximate surface area is 165 Å². The molecule has 1 aliphatic rings. The number of likely N-dealkylation sites (tertiary alicyclic amines) is 1. The van der Waals surface area contributed by atoms with E-state index in [0.717, 1.165) is 71.8 Å². The van der Waals surface area contributed by atoms with Gasteiger partial charge in [0, 0.05) is 18.0 Å². The number of ether oxygens (including phenoxy) is 1. The number of carbonyl (C=O) groups is 1. The van der Waals surface area contributed by atoms with Crippen molar-refractivity contribution in [2.75, 3.05) is 20.2 Å². The zero-order valence-corrected chi connectivity index (χ0v) is 16.8. The van der Waals surface area contributed by atoms with Crippen molar-refractivity contribution in [1.82, 2.24) is 14.9 Å². The van der Waals surface area contributed by atoms with Crippen molar-refractivity contribution in [3.8, 4) is 5.75 Å². The maximum Gasteiger partial charge on any atom is 0.167 e. The number of benzene rings is 2. The van der Waals surface area contributed by atoms with E-state index < -0.39 is 0 Å². The third-order valence-electron chi connectivity index (χ3n) is 5.64. The van der Waals surface area contributed by atoms with Crippen LogP contribution in [-0.4, -0.2) is 40.9 Å². The number of para-hydroxylation sites is 2. The summed E-state index contributed by atoms with van der Waals surface area (Å²) >= 11 is 0. The van der Waals surface area contributed by atoms with Gasteiger partial charge in [0.25, 0.3) is 0 Å². The van der Waals surface area contributed by atoms with Crippen LogP contribution in [-0.2, 0) is 6.54 Å². The highest BCUT2D eigenvalue weighted by Crippen LogP contribution is 2.28. The predicted molar refractivity (Wildman–Crippen MR) is 111 cm³/mol. The number of piperidine rings is 1. The number of methoxy groups -OCH3 is 1. The van der Waals surface area contributed by atoms with Gasteiger partial charge in [0.15, 0.2) is 5.78 Å². The first-order valence-electron chi connectivity index (χ1n) is 9.90. The van der Waals surface area contributed by atoms with Crippen LogP contribution < -0.4 is 4.74 Å². The number of aryl methyl sites for hydroxylation is 2. The molecule has 28 heavy (non-hydrogen) atoms. The molecule has 1 aromatic heterocycles. The van der Waals surface area contributed by atoms with Gasteiger partial charge in [-0.2, -0.15) is 0 Å². The highest BCUT2D eigenvalue weighted by Gasteiger charge is 2.27. The van der Waals surface area contributed by atoms with E-state index in [0.29, 0.717) is 0 Å². The van der Waals surface area contributed by atoms with Gasteiger partial charge in [-0.15, -0.1) is 0 Å². The number of aromatic amines is 1. The number of H-pyrrole nitrogens is 1. The molecule has 5 nitrogen and oxygen atoms in total. The predicted octanol–water partition coefficient (Wildman–Crippen LogP) is 4.28. The first kappa shape index (κ1) is 18.7. The number of nitrogens with one attached hydrogen (secondary N) is 1. The average molecular weight is 377 g/mol. The fourth-order valence-corrected chi connectivity index (χ4v) is 4.36. The van der Waals surface area contributed by atoms with Crippen molar-refractivity contribution in [1.29, 1.82) is 0 Å². The Morgan fingerprint density at radius 1 is 1.25 bits per heavy atom. The van der Waals surface area contributed by atoms with Crippen LogP contribution in [0.5, 0.6) is 5.75 Å². The summed E-state index contributed by atoms with van der Waals surface area (Å²) in [5, 5.41) is 0. The lowest BCUT2D eigenvalue weighted by atomic mass is 9.88. The Hall–Kier alpha value is -2.66. The molecule has 0 aliphatic carbocycles. The molecule has 1 N–H and O–H groups in total. The number of carbonyl (C=O) groups excluding carboxylic acids is 1. The number of rotatable bonds is 5.